The van der Waals surface area contributed by atoms with E-state index in [1.54, 1.807) is 12.1 Å². The first-order valence-corrected chi connectivity index (χ1v) is 7.46. The first-order chi connectivity index (χ1) is 8.47. The van der Waals surface area contributed by atoms with Gasteiger partial charge in [-0.25, -0.2) is 8.42 Å². The SMILES string of the molecule is CC(=O)Nc1ccc(S(=O)(=O)CNC2CC2)cc1. The molecule has 2 rings (SSSR count). The second-order valence-electron chi connectivity index (χ2n) is 4.44. The van der Waals surface area contributed by atoms with Crippen LogP contribution in [0.2, 0.25) is 0 Å². The number of sulfone groups is 1. The maximum Gasteiger partial charge on any atom is 0.221 e. The third-order valence-corrected chi connectivity index (χ3v) is 4.21. The van der Waals surface area contributed by atoms with Gasteiger partial charge in [0.15, 0.2) is 9.84 Å². The minimum absolute atomic E-state index is 0.0306. The molecular formula is C12H16N2O3S. The van der Waals surface area contributed by atoms with Crippen LogP contribution in [0.1, 0.15) is 19.8 Å². The molecule has 0 aliphatic heterocycles. The summed E-state index contributed by atoms with van der Waals surface area (Å²) in [6.45, 7) is 1.41. The minimum atomic E-state index is -3.28. The van der Waals surface area contributed by atoms with Crippen molar-refractivity contribution in [3.8, 4) is 0 Å². The fraction of sp³-hybridized carbons (Fsp3) is 0.417. The van der Waals surface area contributed by atoms with Gasteiger partial charge >= 0.3 is 0 Å². The van der Waals surface area contributed by atoms with Crippen LogP contribution in [0.15, 0.2) is 29.2 Å². The highest BCUT2D eigenvalue weighted by molar-refractivity contribution is 7.91. The zero-order chi connectivity index (χ0) is 13.2. The van der Waals surface area contributed by atoms with Crippen molar-refractivity contribution in [3.63, 3.8) is 0 Å². The number of amides is 1. The lowest BCUT2D eigenvalue weighted by Gasteiger charge is -2.07. The molecule has 1 fully saturated rings. The van der Waals surface area contributed by atoms with E-state index >= 15 is 0 Å². The Labute approximate surface area is 107 Å². The fourth-order valence-corrected chi connectivity index (χ4v) is 2.72. The van der Waals surface area contributed by atoms with Crippen LogP contribution in [0.5, 0.6) is 0 Å². The highest BCUT2D eigenvalue weighted by Crippen LogP contribution is 2.20. The van der Waals surface area contributed by atoms with E-state index in [4.69, 9.17) is 0 Å². The number of carbonyl (C=O) groups excluding carboxylic acids is 1. The quantitative estimate of drug-likeness (QED) is 0.839. The maximum absolute atomic E-state index is 11.9. The first kappa shape index (κ1) is 13.0. The van der Waals surface area contributed by atoms with Gasteiger partial charge in [0.2, 0.25) is 5.91 Å². The van der Waals surface area contributed by atoms with E-state index in [2.05, 4.69) is 10.6 Å². The summed E-state index contributed by atoms with van der Waals surface area (Å²) < 4.78 is 23.9. The molecule has 1 aliphatic rings. The fourth-order valence-electron chi connectivity index (χ4n) is 1.55. The Bertz CT molecular complexity index is 533. The van der Waals surface area contributed by atoms with Crippen LogP contribution in [-0.2, 0) is 14.6 Å². The summed E-state index contributed by atoms with van der Waals surface area (Å²) in [6, 6.07) is 6.56. The molecule has 0 saturated heterocycles. The molecule has 1 aromatic carbocycles. The number of nitrogens with one attached hydrogen (secondary N) is 2. The van der Waals surface area contributed by atoms with Gasteiger partial charge in [-0.3, -0.25) is 4.79 Å². The van der Waals surface area contributed by atoms with Gasteiger partial charge in [0, 0.05) is 18.7 Å². The highest BCUT2D eigenvalue weighted by Gasteiger charge is 2.23. The van der Waals surface area contributed by atoms with Gasteiger partial charge in [-0.2, -0.15) is 0 Å². The van der Waals surface area contributed by atoms with Crippen molar-refractivity contribution < 1.29 is 13.2 Å². The van der Waals surface area contributed by atoms with Crippen LogP contribution >= 0.6 is 0 Å². The molecule has 0 unspecified atom stereocenters. The summed E-state index contributed by atoms with van der Waals surface area (Å²) in [5.41, 5.74) is 0.594. The number of anilines is 1. The molecule has 1 aliphatic carbocycles. The second kappa shape index (κ2) is 5.07. The van der Waals surface area contributed by atoms with Crippen LogP contribution in [0.3, 0.4) is 0 Å². The van der Waals surface area contributed by atoms with Gasteiger partial charge in [0.05, 0.1) is 4.90 Å². The number of carbonyl (C=O) groups is 1. The van der Waals surface area contributed by atoms with Gasteiger partial charge in [0.25, 0.3) is 0 Å². The zero-order valence-corrected chi connectivity index (χ0v) is 11.0. The summed E-state index contributed by atoms with van der Waals surface area (Å²) in [5, 5.41) is 5.58. The number of benzene rings is 1. The van der Waals surface area contributed by atoms with Crippen molar-refractivity contribution in [2.45, 2.75) is 30.7 Å². The van der Waals surface area contributed by atoms with Crippen molar-refractivity contribution in [2.75, 3.05) is 11.2 Å². The Morgan fingerprint density at radius 3 is 2.39 bits per heavy atom. The molecular weight excluding hydrogens is 252 g/mol. The molecule has 0 bridgehead atoms. The van der Waals surface area contributed by atoms with E-state index in [0.29, 0.717) is 11.7 Å². The molecule has 0 atom stereocenters. The average Bonchev–Trinajstić information content (AvgIpc) is 3.10. The van der Waals surface area contributed by atoms with Crippen molar-refractivity contribution >= 4 is 21.4 Å². The Balaban J connectivity index is 2.04. The Morgan fingerprint density at radius 2 is 1.89 bits per heavy atom. The normalized spacial score (nSPS) is 15.4. The third kappa shape index (κ3) is 3.54. The number of rotatable bonds is 5. The second-order valence-corrected chi connectivity index (χ2v) is 6.43. The lowest BCUT2D eigenvalue weighted by Crippen LogP contribution is -2.25. The summed E-state index contributed by atoms with van der Waals surface area (Å²) in [7, 11) is -3.28. The predicted molar refractivity (Wildman–Crippen MR) is 69.0 cm³/mol. The molecule has 1 saturated carbocycles. The summed E-state index contributed by atoms with van der Waals surface area (Å²) >= 11 is 0. The zero-order valence-electron chi connectivity index (χ0n) is 10.1. The Hall–Kier alpha value is -1.40. The molecule has 0 aromatic heterocycles. The largest absolute Gasteiger partial charge is 0.326 e. The van der Waals surface area contributed by atoms with Gasteiger partial charge < -0.3 is 10.6 Å². The van der Waals surface area contributed by atoms with Crippen molar-refractivity contribution in [1.82, 2.24) is 5.32 Å². The van der Waals surface area contributed by atoms with Crippen LogP contribution in [0.4, 0.5) is 5.69 Å². The van der Waals surface area contributed by atoms with E-state index in [-0.39, 0.29) is 16.7 Å². The van der Waals surface area contributed by atoms with Crippen LogP contribution in [0, 0.1) is 0 Å². The topological polar surface area (TPSA) is 75.3 Å². The minimum Gasteiger partial charge on any atom is -0.326 e. The summed E-state index contributed by atoms with van der Waals surface area (Å²) in [6.07, 6.45) is 2.11. The molecule has 6 heteroatoms. The molecule has 1 amide bonds. The Morgan fingerprint density at radius 1 is 1.28 bits per heavy atom. The van der Waals surface area contributed by atoms with Crippen molar-refractivity contribution in [2.24, 2.45) is 0 Å². The predicted octanol–water partition coefficient (Wildman–Crippen LogP) is 1.13. The van der Waals surface area contributed by atoms with E-state index < -0.39 is 9.84 Å². The van der Waals surface area contributed by atoms with Gasteiger partial charge in [-0.05, 0) is 37.1 Å². The molecule has 0 spiro atoms. The van der Waals surface area contributed by atoms with E-state index in [9.17, 15) is 13.2 Å². The van der Waals surface area contributed by atoms with Gasteiger partial charge in [0.1, 0.15) is 5.88 Å². The highest BCUT2D eigenvalue weighted by atomic mass is 32.2. The van der Waals surface area contributed by atoms with Gasteiger partial charge in [-0.15, -0.1) is 0 Å². The maximum atomic E-state index is 11.9. The number of hydrogen-bond acceptors (Lipinski definition) is 4. The number of hydrogen-bond donors (Lipinski definition) is 2. The summed E-state index contributed by atoms with van der Waals surface area (Å²) in [4.78, 5) is 11.1. The smallest absolute Gasteiger partial charge is 0.221 e. The van der Waals surface area contributed by atoms with Crippen LogP contribution in [-0.4, -0.2) is 26.2 Å². The first-order valence-electron chi connectivity index (χ1n) is 5.81. The monoisotopic (exact) mass is 268 g/mol. The van der Waals surface area contributed by atoms with Crippen LogP contribution < -0.4 is 10.6 Å². The summed E-state index contributed by atoms with van der Waals surface area (Å²) in [5.74, 6) is -0.210. The van der Waals surface area contributed by atoms with E-state index in [1.807, 2.05) is 0 Å². The van der Waals surface area contributed by atoms with Crippen LogP contribution in [0.25, 0.3) is 0 Å². The Kier molecular flexibility index (Phi) is 3.68. The molecule has 0 radical (unpaired) electrons. The molecule has 0 heterocycles. The molecule has 18 heavy (non-hydrogen) atoms. The van der Waals surface area contributed by atoms with Gasteiger partial charge in [-0.1, -0.05) is 0 Å². The molecule has 98 valence electrons. The third-order valence-electron chi connectivity index (χ3n) is 2.67. The van der Waals surface area contributed by atoms with Crippen molar-refractivity contribution in [1.29, 1.82) is 0 Å². The lowest BCUT2D eigenvalue weighted by atomic mass is 10.3. The molecule has 5 nitrogen and oxygen atoms in total. The lowest BCUT2D eigenvalue weighted by molar-refractivity contribution is -0.114. The molecule has 1 aromatic rings. The molecule has 2 N–H and O–H groups in total. The van der Waals surface area contributed by atoms with E-state index in [1.165, 1.54) is 19.1 Å². The van der Waals surface area contributed by atoms with E-state index in [0.717, 1.165) is 12.8 Å². The standard InChI is InChI=1S/C12H16N2O3S/c1-9(15)14-11-4-6-12(7-5-11)18(16,17)8-13-10-2-3-10/h4-7,10,13H,2-3,8H2,1H3,(H,14,15). The average molecular weight is 268 g/mol. The van der Waals surface area contributed by atoms with Crippen molar-refractivity contribution in [3.05, 3.63) is 24.3 Å².